The van der Waals surface area contributed by atoms with Crippen LogP contribution in [0.3, 0.4) is 0 Å². The van der Waals surface area contributed by atoms with Gasteiger partial charge in [0.15, 0.2) is 21.7 Å². The molecule has 1 fully saturated rings. The van der Waals surface area contributed by atoms with Crippen molar-refractivity contribution in [1.82, 2.24) is 29.3 Å². The summed E-state index contributed by atoms with van der Waals surface area (Å²) in [6.45, 7) is 3.17. The number of nitrogens with two attached hydrogens (primary N) is 1. The zero-order chi connectivity index (χ0) is 52.8. The van der Waals surface area contributed by atoms with Crippen molar-refractivity contribution in [2.45, 2.75) is 101 Å². The van der Waals surface area contributed by atoms with Crippen LogP contribution in [0.4, 0.5) is 0 Å². The van der Waals surface area contributed by atoms with Crippen LogP contribution in [-0.2, 0) is 49.2 Å². The number of aliphatic hydroxyl groups excluding tert-OH is 6. The average Bonchev–Trinajstić information content (AvgIpc) is 4.07. The number of benzene rings is 1. The molecule has 1 aliphatic rings. The summed E-state index contributed by atoms with van der Waals surface area (Å²) in [7, 11) is -8.99. The summed E-state index contributed by atoms with van der Waals surface area (Å²) < 4.78 is 83.3. The van der Waals surface area contributed by atoms with Gasteiger partial charge in [-0.05, 0) is 69.2 Å². The molecule has 0 aliphatic carbocycles. The maximum atomic E-state index is 12.0. The van der Waals surface area contributed by atoms with Gasteiger partial charge in [0.2, 0.25) is 6.29 Å². The molecule has 0 radical (unpaired) electrons. The Morgan fingerprint density at radius 1 is 0.797 bits per heavy atom. The zero-order valence-electron chi connectivity index (χ0n) is 41.8. The van der Waals surface area contributed by atoms with Gasteiger partial charge < -0.3 is 69.9 Å². The van der Waals surface area contributed by atoms with Crippen molar-refractivity contribution in [3.8, 4) is 5.75 Å². The number of ether oxygens (including phenoxy) is 3. The first-order valence-electron chi connectivity index (χ1n) is 20.7. The minimum absolute atomic E-state index is 0. The Morgan fingerprint density at radius 2 is 1.28 bits per heavy atom. The Bertz CT molecular complexity index is 2390. The van der Waals surface area contributed by atoms with Gasteiger partial charge in [-0.15, -0.1) is 11.5 Å². The molecule has 8 unspecified atom stereocenters. The number of aromatic nitrogens is 6. The van der Waals surface area contributed by atoms with E-state index in [4.69, 9.17) is 30.2 Å². The summed E-state index contributed by atoms with van der Waals surface area (Å²) in [5.74, 6) is -2.88. The van der Waals surface area contributed by atoms with Gasteiger partial charge in [-0.25, -0.2) is 30.9 Å². The van der Waals surface area contributed by atoms with Crippen molar-refractivity contribution in [3.63, 3.8) is 0 Å². The second kappa shape index (κ2) is 37.5. The Hall–Kier alpha value is -2.36. The third kappa shape index (κ3) is 26.3. The van der Waals surface area contributed by atoms with Crippen LogP contribution in [0.1, 0.15) is 46.5 Å². The number of ketones is 2. The first-order chi connectivity index (χ1) is 32.7. The van der Waals surface area contributed by atoms with Crippen LogP contribution in [0.2, 0.25) is 0 Å². The molecular formula is C41H55LiN7Na3O20S2. The van der Waals surface area contributed by atoms with Crippen LogP contribution < -0.4 is 128 Å². The minimum Gasteiger partial charge on any atom is -0.875 e. The van der Waals surface area contributed by atoms with E-state index in [-0.39, 0.29) is 133 Å². The summed E-state index contributed by atoms with van der Waals surface area (Å²) in [6.07, 6.45) is -0.635. The van der Waals surface area contributed by atoms with Crippen LogP contribution >= 0.6 is 0 Å². The number of rotatable bonds is 20. The first kappa shape index (κ1) is 75.9. The number of hydrogen-bond donors (Lipinski definition) is 7. The quantitative estimate of drug-likeness (QED) is 0.0142. The standard InChI is InChI=1S/C17H26O8.C12H16O6.C10H10N6O3S.C2H7NO3S.Li.3Na/c1-10(18)4-13(21)6-15(23)7-16(24)9-17(25-12(3)20)8-14(22)5-11(2)19;13-6-8-9(14)10(15)11(16)12(18-8)17-7-4-2-1-3-5-7;17-20(18,19)10(14-7-1-4-11-14,15-8-2-5-12-15)16-9-3-6-13-16;3-1-2-7(4,5)6;;;;/h5-6,10,16-18,22-24H,4,7-9H2,1-3H3;1-5,8-16H,6H2;1-9H,(H,17,18,19);1-3H2,(H,4,5,6);;;;/q;;;;4*+1/p-4/b14-5-,15-6-;;;;;;;. The molecule has 8 N–H and O–H groups in total. The number of carbonyl (C=O) groups is 3. The molecule has 74 heavy (non-hydrogen) atoms. The molecule has 390 valence electrons. The summed E-state index contributed by atoms with van der Waals surface area (Å²) in [6, 6.07) is 13.2. The fraction of sp³-hybridized carbons (Fsp3) is 0.463. The molecule has 3 aromatic heterocycles. The fourth-order valence-corrected chi connectivity index (χ4v) is 7.35. The van der Waals surface area contributed by atoms with Crippen molar-refractivity contribution in [1.29, 1.82) is 0 Å². The van der Waals surface area contributed by atoms with Gasteiger partial charge in [0.1, 0.15) is 36.3 Å². The van der Waals surface area contributed by atoms with Gasteiger partial charge >= 0.3 is 119 Å². The molecule has 1 aromatic carbocycles. The zero-order valence-corrected chi connectivity index (χ0v) is 49.4. The summed E-state index contributed by atoms with van der Waals surface area (Å²) in [5, 5.41) is 89.6. The fourth-order valence-electron chi connectivity index (χ4n) is 6.05. The third-order valence-electron chi connectivity index (χ3n) is 8.87. The summed E-state index contributed by atoms with van der Waals surface area (Å²) >= 11 is 0. The van der Waals surface area contributed by atoms with Gasteiger partial charge in [0.05, 0.1) is 34.7 Å². The van der Waals surface area contributed by atoms with Crippen molar-refractivity contribution in [2.24, 2.45) is 5.73 Å². The largest absolute Gasteiger partial charge is 1.00 e. The van der Waals surface area contributed by atoms with Gasteiger partial charge in [0, 0.05) is 63.5 Å². The van der Waals surface area contributed by atoms with Crippen molar-refractivity contribution >= 4 is 37.8 Å². The third-order valence-corrected chi connectivity index (χ3v) is 10.8. The SMILES string of the molecule is CC(=O)/C=C(\[O-])CC(CC(O)C/C([O-])=C/C(=O)CC(C)O)OC(C)=O.NCCS(=O)(=O)[O-].O=S(=O)([O-])C(n1cccn1)(n1cccn1)n1cccn1.OCC1OC(Oc2ccccc2)C(O)C(O)C1O.[Li+].[Na+].[Na+].[Na+]. The summed E-state index contributed by atoms with van der Waals surface area (Å²) in [5.41, 5.74) is 4.74. The van der Waals surface area contributed by atoms with E-state index < -0.39 is 122 Å². The van der Waals surface area contributed by atoms with E-state index in [0.29, 0.717) is 5.75 Å². The van der Waals surface area contributed by atoms with Crippen LogP contribution in [0.25, 0.3) is 0 Å². The van der Waals surface area contributed by atoms with E-state index in [1.165, 1.54) is 69.2 Å². The Morgan fingerprint density at radius 3 is 1.65 bits per heavy atom. The second-order valence-corrected chi connectivity index (χ2v) is 17.9. The van der Waals surface area contributed by atoms with E-state index in [0.717, 1.165) is 33.1 Å². The van der Waals surface area contributed by atoms with E-state index in [1.807, 2.05) is 0 Å². The van der Waals surface area contributed by atoms with Crippen molar-refractivity contribution < 1.29 is 203 Å². The molecule has 0 spiro atoms. The molecule has 1 saturated heterocycles. The molecule has 0 saturated carbocycles. The van der Waals surface area contributed by atoms with Gasteiger partial charge in [-0.3, -0.25) is 14.4 Å². The monoisotopic (exact) mass is 1110 g/mol. The van der Waals surface area contributed by atoms with Crippen LogP contribution in [0.15, 0.2) is 109 Å². The van der Waals surface area contributed by atoms with E-state index >= 15 is 0 Å². The van der Waals surface area contributed by atoms with E-state index in [9.17, 15) is 71.0 Å². The Kier molecular flexibility index (Phi) is 38.4. The number of esters is 1. The van der Waals surface area contributed by atoms with E-state index in [2.05, 4.69) is 15.3 Å². The van der Waals surface area contributed by atoms with Crippen LogP contribution in [-0.4, -0.2) is 171 Å². The number of aliphatic hydroxyl groups is 6. The van der Waals surface area contributed by atoms with Gasteiger partial charge in [-0.2, -0.15) is 15.3 Å². The number of carbonyl (C=O) groups excluding carboxylic acids is 3. The maximum Gasteiger partial charge on any atom is 1.00 e. The van der Waals surface area contributed by atoms with Crippen molar-refractivity contribution in [3.05, 3.63) is 109 Å². The molecule has 4 aromatic rings. The smallest absolute Gasteiger partial charge is 0.875 e. The predicted octanol–water partition coefficient (Wildman–Crippen LogP) is -16.3. The van der Waals surface area contributed by atoms with Crippen LogP contribution in [0.5, 0.6) is 5.75 Å². The summed E-state index contributed by atoms with van der Waals surface area (Å²) in [4.78, 5) is 33.3. The molecule has 33 heteroatoms. The Balaban J connectivity index is -0.000000941. The Labute approximate surface area is 505 Å². The molecule has 1 aliphatic heterocycles. The molecule has 4 heterocycles. The van der Waals surface area contributed by atoms with Crippen molar-refractivity contribution in [2.75, 3.05) is 18.9 Å². The molecule has 0 bridgehead atoms. The molecular weight excluding hydrogens is 1050 g/mol. The van der Waals surface area contributed by atoms with Crippen LogP contribution in [0, 0.1) is 0 Å². The number of allylic oxidation sites excluding steroid dienone is 2. The molecule has 5 rings (SSSR count). The average molecular weight is 1110 g/mol. The topological polar surface area (TPSA) is 440 Å². The first-order valence-corrected chi connectivity index (χ1v) is 23.7. The molecule has 0 amide bonds. The van der Waals surface area contributed by atoms with Gasteiger partial charge in [0.25, 0.3) is 0 Å². The maximum absolute atomic E-state index is 12.0. The predicted molar refractivity (Wildman–Crippen MR) is 233 cm³/mol. The molecule has 27 nitrogen and oxygen atoms in total. The van der Waals surface area contributed by atoms with E-state index in [1.54, 1.807) is 30.3 Å². The number of para-hydroxylation sites is 1. The second-order valence-electron chi connectivity index (χ2n) is 14.9. The molecule has 8 atom stereocenters. The normalized spacial score (nSPS) is 18.8. The number of nitrogens with zero attached hydrogens (tertiary/aromatic N) is 6. The number of hydrogen-bond acceptors (Lipinski definition) is 24. The van der Waals surface area contributed by atoms with Gasteiger partial charge in [-0.1, -0.05) is 18.2 Å². The minimum atomic E-state index is -4.94.